The van der Waals surface area contributed by atoms with Crippen LogP contribution < -0.4 is 4.90 Å². The van der Waals surface area contributed by atoms with Crippen molar-refractivity contribution in [2.75, 3.05) is 4.90 Å². The number of carbonyl (C=O) groups excluding carboxylic acids is 2. The van der Waals surface area contributed by atoms with Gasteiger partial charge < -0.3 is 9.47 Å². The Bertz CT molecular complexity index is 1300. The average molecular weight is 482 g/mol. The molecule has 2 heterocycles. The zero-order valence-electron chi connectivity index (χ0n) is 17.7. The van der Waals surface area contributed by atoms with Crippen molar-refractivity contribution in [1.29, 1.82) is 0 Å². The molecule has 0 N–H and O–H groups in total. The predicted molar refractivity (Wildman–Crippen MR) is 107 cm³/mol. The van der Waals surface area contributed by atoms with Crippen molar-refractivity contribution in [2.45, 2.75) is 31.2 Å². The third kappa shape index (κ3) is 3.53. The summed E-state index contributed by atoms with van der Waals surface area (Å²) in [5.41, 5.74) is -6.10. The maximum Gasteiger partial charge on any atom is 0.416 e. The zero-order chi connectivity index (χ0) is 25.1. The molecule has 12 heteroatoms. The summed E-state index contributed by atoms with van der Waals surface area (Å²) < 4.78 is 87.2. The van der Waals surface area contributed by atoms with Crippen LogP contribution in [0.3, 0.4) is 0 Å². The van der Waals surface area contributed by atoms with Gasteiger partial charge in [-0.2, -0.15) is 22.0 Å². The fourth-order valence-corrected chi connectivity index (χ4v) is 3.88. The van der Waals surface area contributed by atoms with Gasteiger partial charge in [0.15, 0.2) is 0 Å². The molecule has 1 aliphatic rings. The number of fused-ring (bicyclic) bond motifs is 1. The van der Waals surface area contributed by atoms with Crippen LogP contribution in [-0.4, -0.2) is 27.0 Å². The normalized spacial score (nSPS) is 15.9. The second-order valence-corrected chi connectivity index (χ2v) is 7.99. The third-order valence-electron chi connectivity index (χ3n) is 5.79. The molecule has 4 rings (SSSR count). The lowest BCUT2D eigenvalue weighted by atomic mass is 9.90. The van der Waals surface area contributed by atoms with Crippen molar-refractivity contribution in [3.63, 3.8) is 0 Å². The molecule has 1 aliphatic heterocycles. The SMILES string of the molecule is Cn1cnnc1C(F)(F)[C@@](C)(F)c1cccc(N2Cc3c(cc(C=O)cc3C(F)(F)F)C2=O)c1. The van der Waals surface area contributed by atoms with E-state index in [0.29, 0.717) is 13.0 Å². The molecule has 2 aromatic carbocycles. The smallest absolute Gasteiger partial charge is 0.316 e. The second kappa shape index (κ2) is 7.67. The molecule has 178 valence electrons. The topological polar surface area (TPSA) is 68.1 Å². The summed E-state index contributed by atoms with van der Waals surface area (Å²) in [4.78, 5) is 24.9. The number of amides is 1. The molecule has 0 saturated heterocycles. The van der Waals surface area contributed by atoms with Gasteiger partial charge in [0.05, 0.1) is 12.1 Å². The molecule has 1 amide bonds. The predicted octanol–water partition coefficient (Wildman–Crippen LogP) is 4.78. The highest BCUT2D eigenvalue weighted by atomic mass is 19.4. The molecule has 0 bridgehead atoms. The number of halogens is 6. The summed E-state index contributed by atoms with van der Waals surface area (Å²) in [6.07, 6.45) is -3.66. The van der Waals surface area contributed by atoms with Gasteiger partial charge >= 0.3 is 12.1 Å². The van der Waals surface area contributed by atoms with E-state index in [0.717, 1.165) is 34.0 Å². The van der Waals surface area contributed by atoms with Crippen LogP contribution in [0.15, 0.2) is 42.7 Å². The van der Waals surface area contributed by atoms with Crippen LogP contribution in [0, 0.1) is 0 Å². The number of hydrogen-bond acceptors (Lipinski definition) is 4. The molecule has 0 fully saturated rings. The summed E-state index contributed by atoms with van der Waals surface area (Å²) in [6, 6.07) is 6.23. The van der Waals surface area contributed by atoms with Gasteiger partial charge in [0.1, 0.15) is 12.6 Å². The number of benzene rings is 2. The van der Waals surface area contributed by atoms with Gasteiger partial charge in [-0.1, -0.05) is 12.1 Å². The van der Waals surface area contributed by atoms with Crippen LogP contribution in [0.2, 0.25) is 0 Å². The van der Waals surface area contributed by atoms with Crippen molar-refractivity contribution in [2.24, 2.45) is 7.05 Å². The summed E-state index contributed by atoms with van der Waals surface area (Å²) in [5, 5.41) is 6.64. The third-order valence-corrected chi connectivity index (χ3v) is 5.79. The lowest BCUT2D eigenvalue weighted by Crippen LogP contribution is -2.39. The first-order valence-corrected chi connectivity index (χ1v) is 9.82. The first-order chi connectivity index (χ1) is 15.8. The van der Waals surface area contributed by atoms with E-state index in [1.54, 1.807) is 0 Å². The molecular weight excluding hydrogens is 466 g/mol. The largest absolute Gasteiger partial charge is 0.416 e. The Morgan fingerprint density at radius 1 is 1.06 bits per heavy atom. The summed E-state index contributed by atoms with van der Waals surface area (Å²) >= 11 is 0. The van der Waals surface area contributed by atoms with Crippen molar-refractivity contribution in [1.82, 2.24) is 14.8 Å². The van der Waals surface area contributed by atoms with E-state index in [4.69, 9.17) is 0 Å². The van der Waals surface area contributed by atoms with E-state index in [9.17, 15) is 22.8 Å². The van der Waals surface area contributed by atoms with Crippen molar-refractivity contribution in [3.05, 3.63) is 76.4 Å². The van der Waals surface area contributed by atoms with Crippen molar-refractivity contribution >= 4 is 17.9 Å². The number of rotatable bonds is 5. The van der Waals surface area contributed by atoms with Crippen LogP contribution in [0.5, 0.6) is 0 Å². The van der Waals surface area contributed by atoms with Gasteiger partial charge in [-0.15, -0.1) is 10.2 Å². The Morgan fingerprint density at radius 3 is 2.35 bits per heavy atom. The van der Waals surface area contributed by atoms with Gasteiger partial charge in [-0.3, -0.25) is 9.59 Å². The number of aldehydes is 1. The van der Waals surface area contributed by atoms with Crippen LogP contribution in [0.4, 0.5) is 32.0 Å². The monoisotopic (exact) mass is 482 g/mol. The highest BCUT2D eigenvalue weighted by Crippen LogP contribution is 2.48. The maximum atomic E-state index is 15.6. The molecule has 6 nitrogen and oxygen atoms in total. The minimum absolute atomic E-state index is 0.0860. The molecule has 0 saturated carbocycles. The van der Waals surface area contributed by atoms with Crippen LogP contribution in [-0.2, 0) is 31.4 Å². The van der Waals surface area contributed by atoms with Crippen LogP contribution in [0.25, 0.3) is 0 Å². The lowest BCUT2D eigenvalue weighted by molar-refractivity contribution is -0.149. The number of aromatic nitrogens is 3. The Balaban J connectivity index is 1.76. The van der Waals surface area contributed by atoms with Crippen molar-refractivity contribution in [3.8, 4) is 0 Å². The first kappa shape index (κ1) is 23.5. The zero-order valence-corrected chi connectivity index (χ0v) is 17.7. The number of hydrogen-bond donors (Lipinski definition) is 0. The van der Waals surface area contributed by atoms with E-state index >= 15 is 13.2 Å². The molecule has 0 spiro atoms. The molecule has 3 aromatic rings. The van der Waals surface area contributed by atoms with Gasteiger partial charge in [-0.25, -0.2) is 4.39 Å². The molecule has 34 heavy (non-hydrogen) atoms. The standard InChI is InChI=1S/C22H16F6N4O2/c1-20(23,21(24,25)19-30-29-11-31(19)2)13-4-3-5-14(8-13)32-9-16-15(18(32)34)6-12(10-33)7-17(16)22(26,27)28/h3-8,10-11H,9H2,1-2H3/t20-/m0/s1. The van der Waals surface area contributed by atoms with E-state index in [2.05, 4.69) is 10.2 Å². The Labute approximate surface area is 188 Å². The van der Waals surface area contributed by atoms with Gasteiger partial charge in [0.2, 0.25) is 11.5 Å². The number of carbonyl (C=O) groups is 2. The highest BCUT2D eigenvalue weighted by Gasteiger charge is 2.57. The molecule has 0 aliphatic carbocycles. The summed E-state index contributed by atoms with van der Waals surface area (Å²) in [6.45, 7) is 0.105. The molecule has 1 atom stereocenters. The second-order valence-electron chi connectivity index (χ2n) is 7.99. The maximum absolute atomic E-state index is 15.6. The Kier molecular flexibility index (Phi) is 5.29. The minimum Gasteiger partial charge on any atom is -0.316 e. The van der Waals surface area contributed by atoms with E-state index in [1.807, 2.05) is 0 Å². The van der Waals surface area contributed by atoms with Gasteiger partial charge in [-0.05, 0) is 42.3 Å². The molecule has 1 aromatic heterocycles. The number of aryl methyl sites for hydroxylation is 1. The Morgan fingerprint density at radius 2 is 1.76 bits per heavy atom. The van der Waals surface area contributed by atoms with Gasteiger partial charge in [0, 0.05) is 23.9 Å². The summed E-state index contributed by atoms with van der Waals surface area (Å²) in [5.74, 6) is -5.93. The number of nitrogens with zero attached hydrogens (tertiary/aromatic N) is 4. The number of alkyl halides is 6. The summed E-state index contributed by atoms with van der Waals surface area (Å²) in [7, 11) is 1.22. The average Bonchev–Trinajstić information content (AvgIpc) is 3.36. The van der Waals surface area contributed by atoms with Crippen molar-refractivity contribution < 1.29 is 35.9 Å². The molecule has 0 unspecified atom stereocenters. The fraction of sp³-hybridized carbons (Fsp3) is 0.273. The van der Waals surface area contributed by atoms with E-state index in [1.165, 1.54) is 19.2 Å². The van der Waals surface area contributed by atoms with E-state index < -0.39 is 47.2 Å². The first-order valence-electron chi connectivity index (χ1n) is 9.82. The minimum atomic E-state index is -4.84. The lowest BCUT2D eigenvalue weighted by Gasteiger charge is -2.30. The van der Waals surface area contributed by atoms with Gasteiger partial charge in [0.25, 0.3) is 5.91 Å². The highest BCUT2D eigenvalue weighted by molar-refractivity contribution is 6.11. The number of anilines is 1. The fourth-order valence-electron chi connectivity index (χ4n) is 3.88. The molecular formula is C22H16F6N4O2. The molecule has 0 radical (unpaired) electrons. The van der Waals surface area contributed by atoms with E-state index in [-0.39, 0.29) is 28.7 Å². The quantitative estimate of drug-likeness (QED) is 0.388. The van der Waals surface area contributed by atoms with Crippen LogP contribution in [0.1, 0.15) is 50.2 Å². The van der Waals surface area contributed by atoms with Crippen LogP contribution >= 0.6 is 0 Å². The Hall–Kier alpha value is -3.70.